The van der Waals surface area contributed by atoms with Crippen LogP contribution in [0.15, 0.2) is 10.5 Å². The highest BCUT2D eigenvalue weighted by molar-refractivity contribution is 9.10. The van der Waals surface area contributed by atoms with E-state index in [1.54, 1.807) is 0 Å². The molecule has 0 saturated heterocycles. The lowest BCUT2D eigenvalue weighted by Gasteiger charge is -2.03. The van der Waals surface area contributed by atoms with Crippen molar-refractivity contribution < 1.29 is 14.6 Å². The van der Waals surface area contributed by atoms with Gasteiger partial charge in [0.15, 0.2) is 11.5 Å². The summed E-state index contributed by atoms with van der Waals surface area (Å²) in [6.45, 7) is 0. The summed E-state index contributed by atoms with van der Waals surface area (Å²) in [5, 5.41) is 17.7. The number of hydrogen-bond donors (Lipinski definition) is 3. The van der Waals surface area contributed by atoms with E-state index in [-0.39, 0.29) is 10.2 Å². The van der Waals surface area contributed by atoms with Crippen LogP contribution in [-0.2, 0) is 0 Å². The number of hydrogen-bond acceptors (Lipinski definition) is 3. The highest BCUT2D eigenvalue weighted by Gasteiger charge is 2.13. The third-order valence-corrected chi connectivity index (χ3v) is 1.80. The molecular formula is C6H5BrFNO2. The van der Waals surface area contributed by atoms with Crippen LogP contribution in [0.4, 0.5) is 10.1 Å². The van der Waals surface area contributed by atoms with Gasteiger partial charge in [0, 0.05) is 0 Å². The van der Waals surface area contributed by atoms with Gasteiger partial charge in [-0.25, -0.2) is 0 Å². The Bertz CT molecular complexity index is 277. The highest BCUT2D eigenvalue weighted by atomic mass is 79.9. The number of nitrogens with two attached hydrogens (primary N) is 1. The Morgan fingerprint density at radius 1 is 1.36 bits per heavy atom. The smallest absolute Gasteiger partial charge is 0.209 e. The minimum absolute atomic E-state index is 0.116. The average Bonchev–Trinajstić information content (AvgIpc) is 1.97. The standard InChI is InChI=1S/C6H5BrFNO2/c7-2-1-3(9)6(11)4(8)5(2)10/h1,10-11H,9H2. The molecule has 3 nitrogen and oxygen atoms in total. The molecule has 4 N–H and O–H groups in total. The lowest BCUT2D eigenvalue weighted by molar-refractivity contribution is 0.389. The summed E-state index contributed by atoms with van der Waals surface area (Å²) in [5.74, 6) is -2.49. The number of aromatic hydroxyl groups is 2. The third kappa shape index (κ3) is 1.23. The van der Waals surface area contributed by atoms with Gasteiger partial charge in [-0.15, -0.1) is 0 Å². The molecule has 11 heavy (non-hydrogen) atoms. The number of benzene rings is 1. The van der Waals surface area contributed by atoms with Crippen LogP contribution < -0.4 is 5.73 Å². The van der Waals surface area contributed by atoms with Gasteiger partial charge < -0.3 is 15.9 Å². The molecule has 1 rings (SSSR count). The first kappa shape index (κ1) is 8.13. The summed E-state index contributed by atoms with van der Waals surface area (Å²) in [4.78, 5) is 0. The monoisotopic (exact) mass is 221 g/mol. The van der Waals surface area contributed by atoms with E-state index in [0.717, 1.165) is 0 Å². The fraction of sp³-hybridized carbons (Fsp3) is 0. The number of rotatable bonds is 0. The van der Waals surface area contributed by atoms with Crippen molar-refractivity contribution in [1.29, 1.82) is 0 Å². The van der Waals surface area contributed by atoms with Gasteiger partial charge in [-0.1, -0.05) is 0 Å². The van der Waals surface area contributed by atoms with Gasteiger partial charge in [0.1, 0.15) is 0 Å². The van der Waals surface area contributed by atoms with E-state index in [9.17, 15) is 4.39 Å². The van der Waals surface area contributed by atoms with Crippen molar-refractivity contribution >= 4 is 21.6 Å². The van der Waals surface area contributed by atoms with E-state index >= 15 is 0 Å². The zero-order valence-electron chi connectivity index (χ0n) is 5.31. The molecule has 0 spiro atoms. The molecule has 0 amide bonds. The van der Waals surface area contributed by atoms with Crippen LogP contribution in [0, 0.1) is 5.82 Å². The Morgan fingerprint density at radius 3 is 2.45 bits per heavy atom. The van der Waals surface area contributed by atoms with Gasteiger partial charge in [0.05, 0.1) is 10.2 Å². The SMILES string of the molecule is Nc1cc(Br)c(O)c(F)c1O. The first-order chi connectivity index (χ1) is 5.04. The predicted molar refractivity (Wildman–Crippen MR) is 41.8 cm³/mol. The minimum atomic E-state index is -1.11. The quantitative estimate of drug-likeness (QED) is 0.354. The molecule has 60 valence electrons. The number of nitrogen functional groups attached to an aromatic ring is 1. The summed E-state index contributed by atoms with van der Waals surface area (Å²) in [5.41, 5.74) is 5.04. The summed E-state index contributed by atoms with van der Waals surface area (Å²) in [7, 11) is 0. The van der Waals surface area contributed by atoms with Crippen molar-refractivity contribution in [1.82, 2.24) is 0 Å². The largest absolute Gasteiger partial charge is 0.504 e. The normalized spacial score (nSPS) is 10.0. The maximum absolute atomic E-state index is 12.6. The summed E-state index contributed by atoms with van der Waals surface area (Å²) < 4.78 is 12.8. The molecule has 0 bridgehead atoms. The molecule has 0 aliphatic heterocycles. The second kappa shape index (κ2) is 2.58. The van der Waals surface area contributed by atoms with E-state index in [1.807, 2.05) is 0 Å². The van der Waals surface area contributed by atoms with Gasteiger partial charge in [0.2, 0.25) is 5.82 Å². The van der Waals surface area contributed by atoms with Crippen molar-refractivity contribution in [2.75, 3.05) is 5.73 Å². The Labute approximate surface area is 70.4 Å². The molecule has 0 saturated carbocycles. The second-order valence-corrected chi connectivity index (χ2v) is 2.81. The third-order valence-electron chi connectivity index (χ3n) is 1.20. The molecule has 0 aromatic heterocycles. The molecule has 0 atom stereocenters. The van der Waals surface area contributed by atoms with Gasteiger partial charge in [-0.3, -0.25) is 0 Å². The predicted octanol–water partition coefficient (Wildman–Crippen LogP) is 1.58. The van der Waals surface area contributed by atoms with E-state index < -0.39 is 17.3 Å². The van der Waals surface area contributed by atoms with E-state index in [0.29, 0.717) is 0 Å². The fourth-order valence-electron chi connectivity index (χ4n) is 0.617. The molecule has 0 radical (unpaired) electrons. The second-order valence-electron chi connectivity index (χ2n) is 1.96. The van der Waals surface area contributed by atoms with Gasteiger partial charge in [-0.2, -0.15) is 4.39 Å². The number of anilines is 1. The van der Waals surface area contributed by atoms with E-state index in [4.69, 9.17) is 15.9 Å². The summed E-state index contributed by atoms with van der Waals surface area (Å²) >= 11 is 2.85. The average molecular weight is 222 g/mol. The van der Waals surface area contributed by atoms with Crippen molar-refractivity contribution in [2.24, 2.45) is 0 Å². The Hall–Kier alpha value is -0.970. The lowest BCUT2D eigenvalue weighted by atomic mass is 10.2. The number of phenolic OH excluding ortho intramolecular Hbond substituents is 2. The van der Waals surface area contributed by atoms with Gasteiger partial charge >= 0.3 is 0 Å². The Balaban J connectivity index is 3.46. The zero-order valence-corrected chi connectivity index (χ0v) is 6.89. The van der Waals surface area contributed by atoms with Crippen LogP contribution in [0.25, 0.3) is 0 Å². The molecule has 0 unspecified atom stereocenters. The Kier molecular flexibility index (Phi) is 1.90. The van der Waals surface area contributed by atoms with Crippen molar-refractivity contribution in [3.8, 4) is 11.5 Å². The van der Waals surface area contributed by atoms with Crippen molar-refractivity contribution in [2.45, 2.75) is 0 Å². The van der Waals surface area contributed by atoms with Crippen molar-refractivity contribution in [3.05, 3.63) is 16.4 Å². The van der Waals surface area contributed by atoms with Crippen LogP contribution in [-0.4, -0.2) is 10.2 Å². The minimum Gasteiger partial charge on any atom is -0.504 e. The van der Waals surface area contributed by atoms with Crippen LogP contribution >= 0.6 is 15.9 Å². The maximum Gasteiger partial charge on any atom is 0.209 e. The lowest BCUT2D eigenvalue weighted by Crippen LogP contribution is -1.89. The van der Waals surface area contributed by atoms with E-state index in [1.165, 1.54) is 6.07 Å². The summed E-state index contributed by atoms with van der Waals surface area (Å²) in [6.07, 6.45) is 0. The molecule has 0 heterocycles. The fourth-order valence-corrected chi connectivity index (χ4v) is 1.04. The molecule has 5 heteroatoms. The molecule has 1 aromatic carbocycles. The number of halogens is 2. The highest BCUT2D eigenvalue weighted by Crippen LogP contribution is 2.36. The van der Waals surface area contributed by atoms with Crippen LogP contribution in [0.3, 0.4) is 0 Å². The summed E-state index contributed by atoms with van der Waals surface area (Å²) in [6, 6.07) is 1.22. The molecule has 0 fully saturated rings. The van der Waals surface area contributed by atoms with Gasteiger partial charge in [0.25, 0.3) is 0 Å². The van der Waals surface area contributed by atoms with Crippen molar-refractivity contribution in [3.63, 3.8) is 0 Å². The zero-order chi connectivity index (χ0) is 8.59. The molecular weight excluding hydrogens is 217 g/mol. The topological polar surface area (TPSA) is 66.5 Å². The molecule has 1 aromatic rings. The van der Waals surface area contributed by atoms with Crippen LogP contribution in [0.1, 0.15) is 0 Å². The first-order valence-corrected chi connectivity index (χ1v) is 3.48. The van der Waals surface area contributed by atoms with Gasteiger partial charge in [-0.05, 0) is 22.0 Å². The van der Waals surface area contributed by atoms with Crippen LogP contribution in [0.5, 0.6) is 11.5 Å². The Morgan fingerprint density at radius 2 is 1.91 bits per heavy atom. The molecule has 0 aliphatic carbocycles. The first-order valence-electron chi connectivity index (χ1n) is 2.69. The number of phenols is 2. The van der Waals surface area contributed by atoms with Crippen LogP contribution in [0.2, 0.25) is 0 Å². The maximum atomic E-state index is 12.6. The molecule has 0 aliphatic rings. The van der Waals surface area contributed by atoms with E-state index in [2.05, 4.69) is 15.9 Å².